The van der Waals surface area contributed by atoms with Gasteiger partial charge in [0.15, 0.2) is 0 Å². The molecule has 17 heavy (non-hydrogen) atoms. The first-order valence-corrected chi connectivity index (χ1v) is 5.99. The Morgan fingerprint density at radius 3 is 2.82 bits per heavy atom. The minimum absolute atomic E-state index is 0.674. The van der Waals surface area contributed by atoms with E-state index in [0.717, 1.165) is 21.5 Å². The summed E-state index contributed by atoms with van der Waals surface area (Å²) in [6.45, 7) is 0.674. The van der Waals surface area contributed by atoms with Crippen molar-refractivity contribution in [2.24, 2.45) is 0 Å². The van der Waals surface area contributed by atoms with Gasteiger partial charge in [-0.25, -0.2) is 4.98 Å². The van der Waals surface area contributed by atoms with Crippen LogP contribution in [0.2, 0.25) is 0 Å². The highest BCUT2D eigenvalue weighted by Gasteiger charge is 1.97. The predicted molar refractivity (Wildman–Crippen MR) is 73.6 cm³/mol. The number of hydrogen-bond acceptors (Lipinski definition) is 2. The maximum atomic E-state index is 5.35. The van der Waals surface area contributed by atoms with Crippen molar-refractivity contribution < 1.29 is 0 Å². The second-order valence-electron chi connectivity index (χ2n) is 3.53. The van der Waals surface area contributed by atoms with Crippen LogP contribution in [0.25, 0.3) is 0 Å². The summed E-state index contributed by atoms with van der Waals surface area (Å²) in [5.74, 6) is 2.61. The number of rotatable bonds is 3. The molecule has 2 rings (SSSR count). The Hall–Kier alpha value is -1.79. The average molecular weight is 287 g/mol. The molecule has 1 aromatic carbocycles. The van der Waals surface area contributed by atoms with Gasteiger partial charge < -0.3 is 5.32 Å². The average Bonchev–Trinajstić information content (AvgIpc) is 2.37. The number of halogens is 1. The summed E-state index contributed by atoms with van der Waals surface area (Å²) in [5.41, 5.74) is 2.85. The lowest BCUT2D eigenvalue weighted by Crippen LogP contribution is -2.01. The molecule has 84 valence electrons. The molecule has 2 nitrogen and oxygen atoms in total. The van der Waals surface area contributed by atoms with Gasteiger partial charge in [-0.3, -0.25) is 0 Å². The number of hydrogen-bond donors (Lipinski definition) is 1. The fraction of sp³-hybridized carbons (Fsp3) is 0.0714. The molecule has 0 aliphatic heterocycles. The van der Waals surface area contributed by atoms with Crippen LogP contribution in [0.15, 0.2) is 47.1 Å². The normalized spacial score (nSPS) is 9.65. The monoisotopic (exact) mass is 286 g/mol. The van der Waals surface area contributed by atoms with Crippen LogP contribution in [0.1, 0.15) is 11.3 Å². The van der Waals surface area contributed by atoms with Gasteiger partial charge in [0.05, 0.1) is 12.2 Å². The molecule has 0 fully saturated rings. The van der Waals surface area contributed by atoms with Crippen LogP contribution < -0.4 is 5.32 Å². The molecule has 0 atom stereocenters. The molecule has 0 saturated carbocycles. The largest absolute Gasteiger partial charge is 0.379 e. The molecule has 2 aromatic rings. The Morgan fingerprint density at radius 1 is 1.24 bits per heavy atom. The highest BCUT2D eigenvalue weighted by Crippen LogP contribution is 2.12. The van der Waals surface area contributed by atoms with Crippen molar-refractivity contribution in [3.63, 3.8) is 0 Å². The van der Waals surface area contributed by atoms with Crippen molar-refractivity contribution in [2.75, 3.05) is 5.32 Å². The van der Waals surface area contributed by atoms with Gasteiger partial charge >= 0.3 is 0 Å². The maximum Gasteiger partial charge on any atom is 0.106 e. The zero-order valence-corrected chi connectivity index (χ0v) is 10.7. The van der Waals surface area contributed by atoms with E-state index in [9.17, 15) is 0 Å². The van der Waals surface area contributed by atoms with E-state index in [4.69, 9.17) is 6.42 Å². The second kappa shape index (κ2) is 5.51. The molecule has 0 aliphatic rings. The first kappa shape index (κ1) is 11.7. The summed E-state index contributed by atoms with van der Waals surface area (Å²) in [5, 5.41) is 3.28. The van der Waals surface area contributed by atoms with E-state index in [0.29, 0.717) is 6.54 Å². The summed E-state index contributed by atoms with van der Waals surface area (Å²) >= 11 is 3.35. The van der Waals surface area contributed by atoms with E-state index < -0.39 is 0 Å². The van der Waals surface area contributed by atoms with Crippen LogP contribution in [0.5, 0.6) is 0 Å². The fourth-order valence-corrected chi connectivity index (χ4v) is 1.84. The first-order valence-electron chi connectivity index (χ1n) is 5.20. The first-order chi connectivity index (χ1) is 8.28. The van der Waals surface area contributed by atoms with Crippen molar-refractivity contribution in [2.45, 2.75) is 6.54 Å². The van der Waals surface area contributed by atoms with E-state index in [-0.39, 0.29) is 0 Å². The van der Waals surface area contributed by atoms with Gasteiger partial charge in [-0.15, -0.1) is 6.42 Å². The molecule has 0 aliphatic carbocycles. The minimum atomic E-state index is 0.674. The molecule has 1 heterocycles. The molecule has 0 unspecified atom stereocenters. The van der Waals surface area contributed by atoms with E-state index in [1.807, 2.05) is 42.5 Å². The van der Waals surface area contributed by atoms with E-state index >= 15 is 0 Å². The summed E-state index contributed by atoms with van der Waals surface area (Å²) in [6, 6.07) is 13.6. The number of nitrogens with zero attached hydrogens (tertiary/aromatic N) is 1. The van der Waals surface area contributed by atoms with Crippen LogP contribution >= 0.6 is 15.9 Å². The summed E-state index contributed by atoms with van der Waals surface area (Å²) in [6.07, 6.45) is 5.35. The van der Waals surface area contributed by atoms with Gasteiger partial charge in [0.2, 0.25) is 0 Å². The molecule has 0 spiro atoms. The van der Waals surface area contributed by atoms with Crippen molar-refractivity contribution in [3.8, 4) is 12.3 Å². The van der Waals surface area contributed by atoms with E-state index in [1.54, 1.807) is 0 Å². The quantitative estimate of drug-likeness (QED) is 0.691. The highest BCUT2D eigenvalue weighted by molar-refractivity contribution is 9.10. The Bertz CT molecular complexity index is 558. The highest BCUT2D eigenvalue weighted by atomic mass is 79.9. The Kier molecular flexibility index (Phi) is 3.79. The van der Waals surface area contributed by atoms with Crippen LogP contribution in [0, 0.1) is 12.3 Å². The minimum Gasteiger partial charge on any atom is -0.379 e. The van der Waals surface area contributed by atoms with Gasteiger partial charge in [0.1, 0.15) is 4.60 Å². The van der Waals surface area contributed by atoms with Crippen LogP contribution in [0.3, 0.4) is 0 Å². The molecular weight excluding hydrogens is 276 g/mol. The topological polar surface area (TPSA) is 24.9 Å². The molecule has 0 amide bonds. The number of nitrogens with one attached hydrogen (secondary N) is 1. The smallest absolute Gasteiger partial charge is 0.106 e. The molecule has 3 heteroatoms. The Morgan fingerprint density at radius 2 is 2.06 bits per heavy atom. The zero-order valence-electron chi connectivity index (χ0n) is 9.15. The molecule has 1 aromatic heterocycles. The number of pyridine rings is 1. The summed E-state index contributed by atoms with van der Waals surface area (Å²) in [4.78, 5) is 4.34. The molecule has 0 radical (unpaired) electrons. The molecule has 1 N–H and O–H groups in total. The van der Waals surface area contributed by atoms with Crippen LogP contribution in [0.4, 0.5) is 5.69 Å². The van der Waals surface area contributed by atoms with Crippen LogP contribution in [-0.2, 0) is 6.54 Å². The van der Waals surface area contributed by atoms with Crippen molar-refractivity contribution in [3.05, 3.63) is 58.3 Å². The third-order valence-corrected chi connectivity index (χ3v) is 2.72. The Balaban J connectivity index is 2.05. The van der Waals surface area contributed by atoms with Crippen molar-refractivity contribution in [1.82, 2.24) is 4.98 Å². The fourth-order valence-electron chi connectivity index (χ4n) is 1.46. The lowest BCUT2D eigenvalue weighted by molar-refractivity contribution is 1.03. The van der Waals surface area contributed by atoms with Gasteiger partial charge in [-0.05, 0) is 46.3 Å². The zero-order chi connectivity index (χ0) is 12.1. The van der Waals surface area contributed by atoms with Gasteiger partial charge in [0.25, 0.3) is 0 Å². The standard InChI is InChI=1S/C14H11BrN2/c1-2-11-5-3-6-12(9-11)16-10-13-7-4-8-14(15)17-13/h1,3-9,16H,10H2. The van der Waals surface area contributed by atoms with Gasteiger partial charge in [0, 0.05) is 11.3 Å². The van der Waals surface area contributed by atoms with Crippen molar-refractivity contribution in [1.29, 1.82) is 0 Å². The third kappa shape index (κ3) is 3.33. The molecular formula is C14H11BrN2. The number of anilines is 1. The van der Waals surface area contributed by atoms with Gasteiger partial charge in [-0.2, -0.15) is 0 Å². The van der Waals surface area contributed by atoms with Gasteiger partial charge in [-0.1, -0.05) is 18.1 Å². The molecule has 0 saturated heterocycles. The number of benzene rings is 1. The third-order valence-electron chi connectivity index (χ3n) is 2.28. The maximum absolute atomic E-state index is 5.35. The van der Waals surface area contributed by atoms with Crippen LogP contribution in [-0.4, -0.2) is 4.98 Å². The molecule has 0 bridgehead atoms. The van der Waals surface area contributed by atoms with E-state index in [1.165, 1.54) is 0 Å². The summed E-state index contributed by atoms with van der Waals surface area (Å²) in [7, 11) is 0. The Labute approximate surface area is 109 Å². The van der Waals surface area contributed by atoms with E-state index in [2.05, 4.69) is 32.2 Å². The lowest BCUT2D eigenvalue weighted by Gasteiger charge is -2.06. The second-order valence-corrected chi connectivity index (χ2v) is 4.34. The summed E-state index contributed by atoms with van der Waals surface area (Å²) < 4.78 is 0.842. The van der Waals surface area contributed by atoms with Crippen molar-refractivity contribution >= 4 is 21.6 Å². The SMILES string of the molecule is C#Cc1cccc(NCc2cccc(Br)n2)c1. The number of terminal acetylenes is 1. The lowest BCUT2D eigenvalue weighted by atomic mass is 10.2. The predicted octanol–water partition coefficient (Wildman–Crippen LogP) is 3.44. The number of aromatic nitrogens is 1.